The Kier molecular flexibility index (Phi) is 6.93. The Balaban J connectivity index is 1.60. The maximum absolute atomic E-state index is 11.9. The molecule has 1 aromatic rings. The van der Waals surface area contributed by atoms with Crippen LogP contribution in [0.2, 0.25) is 0 Å². The van der Waals surface area contributed by atoms with E-state index in [-0.39, 0.29) is 5.91 Å². The number of amides is 1. The molecule has 1 aromatic carbocycles. The number of ether oxygens (including phenoxy) is 1. The second-order valence-corrected chi connectivity index (χ2v) is 6.91. The van der Waals surface area contributed by atoms with Crippen LogP contribution in [0, 0.1) is 0 Å². The Morgan fingerprint density at radius 2 is 1.95 bits per heavy atom. The lowest BCUT2D eigenvalue weighted by Gasteiger charge is -2.20. The fraction of sp³-hybridized carbons (Fsp3) is 0.588. The highest BCUT2D eigenvalue weighted by molar-refractivity contribution is 7.99. The van der Waals surface area contributed by atoms with Crippen LogP contribution < -0.4 is 10.1 Å². The number of benzene rings is 1. The number of hydrogen-bond acceptors (Lipinski definition) is 3. The lowest BCUT2D eigenvalue weighted by atomic mass is 10.0. The maximum Gasteiger partial charge on any atom is 0.224 e. The molecule has 2 rings (SSSR count). The van der Waals surface area contributed by atoms with Crippen LogP contribution in [0.15, 0.2) is 24.3 Å². The molecule has 0 bridgehead atoms. The number of hydrogen-bond donors (Lipinski definition) is 1. The van der Waals surface area contributed by atoms with Crippen molar-refractivity contribution in [3.05, 3.63) is 29.8 Å². The zero-order valence-corrected chi connectivity index (χ0v) is 13.6. The molecular formula is C17H25NO2S. The van der Waals surface area contributed by atoms with E-state index in [0.29, 0.717) is 6.42 Å². The molecule has 1 aliphatic rings. The summed E-state index contributed by atoms with van der Waals surface area (Å²) in [5.41, 5.74) is 1.02. The summed E-state index contributed by atoms with van der Waals surface area (Å²) in [7, 11) is 1.64. The van der Waals surface area contributed by atoms with Gasteiger partial charge in [0.25, 0.3) is 0 Å². The smallest absolute Gasteiger partial charge is 0.224 e. The second kappa shape index (κ2) is 8.98. The van der Waals surface area contributed by atoms with Crippen molar-refractivity contribution in [3.8, 4) is 5.75 Å². The summed E-state index contributed by atoms with van der Waals surface area (Å²) in [5.74, 6) is 1.95. The molecular weight excluding hydrogens is 282 g/mol. The fourth-order valence-corrected chi connectivity index (χ4v) is 3.86. The van der Waals surface area contributed by atoms with Crippen molar-refractivity contribution in [2.24, 2.45) is 0 Å². The van der Waals surface area contributed by atoms with Gasteiger partial charge in [-0.2, -0.15) is 11.8 Å². The molecule has 1 N–H and O–H groups in total. The summed E-state index contributed by atoms with van der Waals surface area (Å²) >= 11 is 2.02. The first-order chi connectivity index (χ1) is 10.3. The van der Waals surface area contributed by atoms with Crippen molar-refractivity contribution >= 4 is 17.7 Å². The van der Waals surface area contributed by atoms with Crippen LogP contribution in [0.5, 0.6) is 5.75 Å². The molecule has 21 heavy (non-hydrogen) atoms. The third-order valence-corrected chi connectivity index (χ3v) is 5.24. The predicted octanol–water partition coefficient (Wildman–Crippen LogP) is 3.42. The first kappa shape index (κ1) is 16.2. The van der Waals surface area contributed by atoms with Crippen LogP contribution in [-0.2, 0) is 11.2 Å². The van der Waals surface area contributed by atoms with Crippen LogP contribution in [0.1, 0.15) is 37.7 Å². The zero-order chi connectivity index (χ0) is 14.9. The SMILES string of the molecule is COc1ccc(CC(=O)NCCSC2CCCCC2)cc1. The maximum atomic E-state index is 11.9. The van der Waals surface area contributed by atoms with Crippen molar-refractivity contribution in [1.82, 2.24) is 5.32 Å². The average Bonchev–Trinajstić information content (AvgIpc) is 2.53. The molecule has 0 saturated heterocycles. The summed E-state index contributed by atoms with van der Waals surface area (Å²) in [5, 5.41) is 3.83. The van der Waals surface area contributed by atoms with E-state index in [1.807, 2.05) is 36.0 Å². The third kappa shape index (κ3) is 6.00. The van der Waals surface area contributed by atoms with E-state index in [1.165, 1.54) is 32.1 Å². The minimum atomic E-state index is 0.101. The van der Waals surface area contributed by atoms with Gasteiger partial charge in [-0.3, -0.25) is 4.79 Å². The largest absolute Gasteiger partial charge is 0.497 e. The summed E-state index contributed by atoms with van der Waals surface area (Å²) in [6.45, 7) is 0.774. The first-order valence-corrected chi connectivity index (χ1v) is 8.84. The highest BCUT2D eigenvalue weighted by Gasteiger charge is 2.13. The number of carbonyl (C=O) groups excluding carboxylic acids is 1. The topological polar surface area (TPSA) is 38.3 Å². The van der Waals surface area contributed by atoms with Crippen molar-refractivity contribution < 1.29 is 9.53 Å². The lowest BCUT2D eigenvalue weighted by molar-refractivity contribution is -0.120. The first-order valence-electron chi connectivity index (χ1n) is 7.79. The van der Waals surface area contributed by atoms with E-state index < -0.39 is 0 Å². The van der Waals surface area contributed by atoms with Gasteiger partial charge >= 0.3 is 0 Å². The quantitative estimate of drug-likeness (QED) is 0.784. The van der Waals surface area contributed by atoms with Crippen molar-refractivity contribution in [1.29, 1.82) is 0 Å². The van der Waals surface area contributed by atoms with Crippen LogP contribution >= 0.6 is 11.8 Å². The van der Waals surface area contributed by atoms with Crippen molar-refractivity contribution in [2.75, 3.05) is 19.4 Å². The van der Waals surface area contributed by atoms with Gasteiger partial charge < -0.3 is 10.1 Å². The Bertz CT molecular complexity index is 427. The Labute approximate surface area is 131 Å². The number of nitrogens with one attached hydrogen (secondary N) is 1. The van der Waals surface area contributed by atoms with Gasteiger partial charge in [-0.25, -0.2) is 0 Å². The van der Waals surface area contributed by atoms with E-state index in [9.17, 15) is 4.79 Å². The number of thioether (sulfide) groups is 1. The Morgan fingerprint density at radius 1 is 1.24 bits per heavy atom. The normalized spacial score (nSPS) is 15.7. The molecule has 116 valence electrons. The molecule has 0 aliphatic heterocycles. The van der Waals surface area contributed by atoms with Gasteiger partial charge in [0.05, 0.1) is 13.5 Å². The molecule has 1 aliphatic carbocycles. The Hall–Kier alpha value is -1.16. The Morgan fingerprint density at radius 3 is 2.62 bits per heavy atom. The minimum absolute atomic E-state index is 0.101. The van der Waals surface area contributed by atoms with Crippen LogP contribution in [0.3, 0.4) is 0 Å². The van der Waals surface area contributed by atoms with Crippen LogP contribution in [0.4, 0.5) is 0 Å². The molecule has 0 heterocycles. The van der Waals surface area contributed by atoms with Gasteiger partial charge in [-0.15, -0.1) is 0 Å². The average molecular weight is 307 g/mol. The zero-order valence-electron chi connectivity index (χ0n) is 12.8. The number of carbonyl (C=O) groups is 1. The monoisotopic (exact) mass is 307 g/mol. The summed E-state index contributed by atoms with van der Waals surface area (Å²) in [4.78, 5) is 11.9. The summed E-state index contributed by atoms with van der Waals surface area (Å²) < 4.78 is 5.11. The highest BCUT2D eigenvalue weighted by atomic mass is 32.2. The second-order valence-electron chi connectivity index (χ2n) is 5.51. The molecule has 1 fully saturated rings. The van der Waals surface area contributed by atoms with E-state index in [0.717, 1.165) is 28.9 Å². The van der Waals surface area contributed by atoms with Crippen molar-refractivity contribution in [2.45, 2.75) is 43.8 Å². The molecule has 3 nitrogen and oxygen atoms in total. The van der Waals surface area contributed by atoms with E-state index in [1.54, 1.807) is 7.11 Å². The van der Waals surface area contributed by atoms with Crippen molar-refractivity contribution in [3.63, 3.8) is 0 Å². The molecule has 0 unspecified atom stereocenters. The summed E-state index contributed by atoms with van der Waals surface area (Å²) in [6, 6.07) is 7.66. The molecule has 0 radical (unpaired) electrons. The van der Waals surface area contributed by atoms with Gasteiger partial charge in [0.15, 0.2) is 0 Å². The van der Waals surface area contributed by atoms with Crippen LogP contribution in [-0.4, -0.2) is 30.6 Å². The van der Waals surface area contributed by atoms with Gasteiger partial charge in [-0.05, 0) is 30.5 Å². The highest BCUT2D eigenvalue weighted by Crippen LogP contribution is 2.27. The third-order valence-electron chi connectivity index (χ3n) is 3.85. The molecule has 1 saturated carbocycles. The molecule has 1 amide bonds. The van der Waals surface area contributed by atoms with E-state index in [4.69, 9.17) is 4.74 Å². The molecule has 0 aromatic heterocycles. The van der Waals surface area contributed by atoms with Gasteiger partial charge in [-0.1, -0.05) is 31.4 Å². The van der Waals surface area contributed by atoms with Gasteiger partial charge in [0, 0.05) is 17.5 Å². The van der Waals surface area contributed by atoms with Gasteiger partial charge in [0.1, 0.15) is 5.75 Å². The molecule has 0 spiro atoms. The van der Waals surface area contributed by atoms with Crippen LogP contribution in [0.25, 0.3) is 0 Å². The lowest BCUT2D eigenvalue weighted by Crippen LogP contribution is -2.27. The molecule has 4 heteroatoms. The minimum Gasteiger partial charge on any atom is -0.497 e. The standard InChI is InChI=1S/C17H25NO2S/c1-20-15-9-7-14(8-10-15)13-17(19)18-11-12-21-16-5-3-2-4-6-16/h7-10,16H,2-6,11-13H2,1H3,(H,18,19). The molecule has 0 atom stereocenters. The fourth-order valence-electron chi connectivity index (χ4n) is 2.64. The van der Waals surface area contributed by atoms with E-state index >= 15 is 0 Å². The number of rotatable bonds is 7. The van der Waals surface area contributed by atoms with E-state index in [2.05, 4.69) is 5.32 Å². The number of methoxy groups -OCH3 is 1. The predicted molar refractivity (Wildman–Crippen MR) is 89.0 cm³/mol. The summed E-state index contributed by atoms with van der Waals surface area (Å²) in [6.07, 6.45) is 7.30. The van der Waals surface area contributed by atoms with Gasteiger partial charge in [0.2, 0.25) is 5.91 Å².